The number of hydrogen-bond donors (Lipinski definition) is 3. The van der Waals surface area contributed by atoms with Gasteiger partial charge in [-0.05, 0) is 43.9 Å². The predicted molar refractivity (Wildman–Crippen MR) is 136 cm³/mol. The van der Waals surface area contributed by atoms with Crippen LogP contribution in [0.4, 0.5) is 0 Å². The Balaban J connectivity index is 0.000000514. The Morgan fingerprint density at radius 2 is 1.97 bits per heavy atom. The monoisotopic (exact) mass is 507 g/mol. The second-order valence-corrected chi connectivity index (χ2v) is 9.44. The standard InChI is InChI=1S/C22H29NO5.C3H4O3.2CH4/c1-3-9-23-10-8-21-18-14-4-5-15(24)19(18)28-20(21)16(27-12-11-26-2)6-7-22(21,25)17(23)13-14;1-2(4)3(5)6;;/h3-5,16-17,20,24-25H,1,6-13H2,2H3;1H3,(H,5,6);2*1H4/t16-,17?,20?,21-,22+;;;/m0.../s1. The van der Waals surface area contributed by atoms with Gasteiger partial charge in [0.05, 0.1) is 30.3 Å². The molecule has 1 spiro atoms. The van der Waals surface area contributed by atoms with Crippen LogP contribution in [0.15, 0.2) is 24.8 Å². The zero-order chi connectivity index (χ0) is 24.7. The molecule has 5 atom stereocenters. The molecule has 2 bridgehead atoms. The van der Waals surface area contributed by atoms with Crippen molar-refractivity contribution in [1.82, 2.24) is 4.90 Å². The lowest BCUT2D eigenvalue weighted by Crippen LogP contribution is -2.77. The van der Waals surface area contributed by atoms with Gasteiger partial charge in [-0.3, -0.25) is 9.69 Å². The van der Waals surface area contributed by atoms with Crippen LogP contribution in [0.5, 0.6) is 11.5 Å². The van der Waals surface area contributed by atoms with E-state index in [9.17, 15) is 19.8 Å². The summed E-state index contributed by atoms with van der Waals surface area (Å²) in [6.45, 7) is 7.57. The number of aliphatic hydroxyl groups is 1. The van der Waals surface area contributed by atoms with Gasteiger partial charge in [-0.15, -0.1) is 6.58 Å². The van der Waals surface area contributed by atoms with Crippen LogP contribution in [0.3, 0.4) is 0 Å². The highest BCUT2D eigenvalue weighted by Crippen LogP contribution is 2.65. The number of rotatable bonds is 7. The second-order valence-electron chi connectivity index (χ2n) is 9.44. The van der Waals surface area contributed by atoms with Crippen molar-refractivity contribution in [1.29, 1.82) is 0 Å². The minimum atomic E-state index is -1.38. The van der Waals surface area contributed by atoms with Gasteiger partial charge in [0.15, 0.2) is 11.5 Å². The molecule has 5 rings (SSSR count). The van der Waals surface area contributed by atoms with Crippen molar-refractivity contribution in [2.24, 2.45) is 0 Å². The number of carbonyl (C=O) groups is 2. The molecule has 9 heteroatoms. The van der Waals surface area contributed by atoms with E-state index in [-0.39, 0.29) is 38.9 Å². The first-order valence-corrected chi connectivity index (χ1v) is 11.6. The molecule has 1 aromatic rings. The minimum Gasteiger partial charge on any atom is -0.504 e. The average molecular weight is 508 g/mol. The largest absolute Gasteiger partial charge is 0.504 e. The van der Waals surface area contributed by atoms with E-state index in [0.717, 1.165) is 44.8 Å². The molecular weight excluding hydrogens is 466 g/mol. The maximum atomic E-state index is 12.2. The molecule has 2 fully saturated rings. The van der Waals surface area contributed by atoms with E-state index in [2.05, 4.69) is 11.5 Å². The quantitative estimate of drug-likeness (QED) is 0.290. The fourth-order valence-corrected chi connectivity index (χ4v) is 6.42. The summed E-state index contributed by atoms with van der Waals surface area (Å²) < 4.78 is 17.7. The van der Waals surface area contributed by atoms with Crippen molar-refractivity contribution in [3.63, 3.8) is 0 Å². The number of carboxylic acid groups (broad SMARTS) is 1. The molecule has 9 nitrogen and oxygen atoms in total. The van der Waals surface area contributed by atoms with Crippen LogP contribution in [0.25, 0.3) is 0 Å². The van der Waals surface area contributed by atoms with Gasteiger partial charge in [0.2, 0.25) is 5.78 Å². The molecule has 202 valence electrons. The van der Waals surface area contributed by atoms with Gasteiger partial charge in [-0.1, -0.05) is 27.0 Å². The first-order valence-electron chi connectivity index (χ1n) is 11.6. The van der Waals surface area contributed by atoms with Crippen LogP contribution in [-0.2, 0) is 30.9 Å². The maximum absolute atomic E-state index is 12.2. The number of piperidine rings is 1. The highest BCUT2D eigenvalue weighted by molar-refractivity contribution is 6.31. The molecule has 1 aromatic carbocycles. The van der Waals surface area contributed by atoms with Crippen LogP contribution in [0.1, 0.15) is 52.2 Å². The molecule has 2 unspecified atom stereocenters. The summed E-state index contributed by atoms with van der Waals surface area (Å²) in [5.74, 6) is -1.49. The highest BCUT2D eigenvalue weighted by atomic mass is 16.6. The van der Waals surface area contributed by atoms with E-state index in [1.807, 2.05) is 12.1 Å². The van der Waals surface area contributed by atoms with E-state index in [0.29, 0.717) is 25.4 Å². The average Bonchev–Trinajstić information content (AvgIpc) is 3.15. The first-order chi connectivity index (χ1) is 16.2. The first kappa shape index (κ1) is 29.8. The van der Waals surface area contributed by atoms with Gasteiger partial charge >= 0.3 is 5.97 Å². The number of likely N-dealkylation sites (tertiary alicyclic amines) is 1. The zero-order valence-electron chi connectivity index (χ0n) is 19.7. The fourth-order valence-electron chi connectivity index (χ4n) is 6.42. The maximum Gasteiger partial charge on any atom is 0.371 e. The number of carbonyl (C=O) groups excluding carboxylic acids is 1. The number of ether oxygens (including phenoxy) is 3. The summed E-state index contributed by atoms with van der Waals surface area (Å²) in [7, 11) is 1.66. The SMILES string of the molecule is C.C.C=CCN1CC[C@]23c4c5ccc(O)c4OC2[C@@H](OCCOC)CC[C@@]3(O)C1C5.CC(=O)C(=O)O. The summed E-state index contributed by atoms with van der Waals surface area (Å²) in [6.07, 6.45) is 4.44. The molecule has 2 heterocycles. The lowest BCUT2D eigenvalue weighted by Gasteiger charge is -2.64. The third kappa shape index (κ3) is 4.42. The molecule has 0 aromatic heterocycles. The molecule has 0 radical (unpaired) electrons. The number of nitrogens with zero attached hydrogens (tertiary/aromatic N) is 1. The lowest BCUT2D eigenvalue weighted by molar-refractivity contribution is -0.214. The van der Waals surface area contributed by atoms with Crippen molar-refractivity contribution in [2.75, 3.05) is 33.4 Å². The number of aliphatic carboxylic acids is 1. The van der Waals surface area contributed by atoms with E-state index in [1.54, 1.807) is 13.2 Å². The van der Waals surface area contributed by atoms with Gasteiger partial charge < -0.3 is 29.5 Å². The van der Waals surface area contributed by atoms with Crippen LogP contribution in [0.2, 0.25) is 0 Å². The number of benzene rings is 1. The number of carboxylic acids is 1. The van der Waals surface area contributed by atoms with E-state index in [1.165, 1.54) is 5.56 Å². The van der Waals surface area contributed by atoms with Crippen molar-refractivity contribution >= 4 is 11.8 Å². The molecule has 36 heavy (non-hydrogen) atoms. The summed E-state index contributed by atoms with van der Waals surface area (Å²) in [5, 5.41) is 30.3. The van der Waals surface area contributed by atoms with Crippen LogP contribution in [0, 0.1) is 0 Å². The molecule has 4 aliphatic rings. The Morgan fingerprint density at radius 3 is 2.58 bits per heavy atom. The summed E-state index contributed by atoms with van der Waals surface area (Å²) in [5.41, 5.74) is 0.768. The third-order valence-corrected chi connectivity index (χ3v) is 7.80. The Kier molecular flexibility index (Phi) is 9.34. The van der Waals surface area contributed by atoms with Crippen molar-refractivity contribution < 1.29 is 39.1 Å². The topological polar surface area (TPSA) is 126 Å². The van der Waals surface area contributed by atoms with Crippen molar-refractivity contribution in [3.05, 3.63) is 35.9 Å². The summed E-state index contributed by atoms with van der Waals surface area (Å²) in [6, 6.07) is 3.75. The fraction of sp³-hybridized carbons (Fsp3) is 0.630. The number of phenolic OH excluding ortho intramolecular Hbond substituents is 1. The Bertz CT molecular complexity index is 969. The van der Waals surface area contributed by atoms with Crippen molar-refractivity contribution in [2.45, 2.75) is 76.7 Å². The van der Waals surface area contributed by atoms with Gasteiger partial charge in [0.25, 0.3) is 0 Å². The van der Waals surface area contributed by atoms with E-state index < -0.39 is 22.8 Å². The Hall–Kier alpha value is -2.46. The molecule has 3 N–H and O–H groups in total. The summed E-state index contributed by atoms with van der Waals surface area (Å²) in [4.78, 5) is 21.2. The number of phenols is 1. The predicted octanol–water partition coefficient (Wildman–Crippen LogP) is 2.70. The molecule has 0 amide bonds. The Morgan fingerprint density at radius 1 is 1.28 bits per heavy atom. The van der Waals surface area contributed by atoms with E-state index in [4.69, 9.17) is 19.3 Å². The molecule has 2 aliphatic heterocycles. The molecular formula is C27H41NO8. The van der Waals surface area contributed by atoms with Gasteiger partial charge in [0.1, 0.15) is 6.10 Å². The van der Waals surface area contributed by atoms with Gasteiger partial charge in [-0.25, -0.2) is 4.79 Å². The molecule has 1 saturated heterocycles. The molecule has 2 aliphatic carbocycles. The zero-order valence-corrected chi connectivity index (χ0v) is 19.7. The van der Waals surface area contributed by atoms with Gasteiger partial charge in [0, 0.05) is 32.2 Å². The highest BCUT2D eigenvalue weighted by Gasteiger charge is 2.73. The number of ketones is 1. The second kappa shape index (κ2) is 11.3. The minimum absolute atomic E-state index is 0. The van der Waals surface area contributed by atoms with Crippen LogP contribution >= 0.6 is 0 Å². The normalized spacial score (nSPS) is 30.8. The number of Topliss-reactive ketones (excluding diaryl/α,β-unsaturated/α-hetero) is 1. The number of aromatic hydroxyl groups is 1. The van der Waals surface area contributed by atoms with Crippen molar-refractivity contribution in [3.8, 4) is 11.5 Å². The Labute approximate surface area is 213 Å². The van der Waals surface area contributed by atoms with Crippen LogP contribution in [-0.4, -0.2) is 89.2 Å². The number of hydrogen-bond acceptors (Lipinski definition) is 8. The lowest BCUT2D eigenvalue weighted by atomic mass is 9.48. The number of methoxy groups -OCH3 is 1. The van der Waals surface area contributed by atoms with E-state index >= 15 is 0 Å². The third-order valence-electron chi connectivity index (χ3n) is 7.80. The summed E-state index contributed by atoms with van der Waals surface area (Å²) >= 11 is 0. The smallest absolute Gasteiger partial charge is 0.371 e. The van der Waals surface area contributed by atoms with Crippen LogP contribution < -0.4 is 4.74 Å². The van der Waals surface area contributed by atoms with Gasteiger partial charge in [-0.2, -0.15) is 0 Å². The molecule has 1 saturated carbocycles.